The fraction of sp³-hybridized carbons (Fsp3) is 0.364. The number of methoxy groups -OCH3 is 1. The number of rotatable bonds is 5. The molecule has 2 aromatic carbocycles. The van der Waals surface area contributed by atoms with Crippen molar-refractivity contribution >= 4 is 11.9 Å². The molecule has 0 aliphatic carbocycles. The summed E-state index contributed by atoms with van der Waals surface area (Å²) in [5, 5.41) is 19.4. The van der Waals surface area contributed by atoms with Crippen LogP contribution in [-0.2, 0) is 0 Å². The van der Waals surface area contributed by atoms with E-state index in [1.807, 2.05) is 24.3 Å². The Kier molecular flexibility index (Phi) is 4.58. The van der Waals surface area contributed by atoms with Gasteiger partial charge in [0.2, 0.25) is 0 Å². The summed E-state index contributed by atoms with van der Waals surface area (Å²) in [4.78, 5) is 7.44. The van der Waals surface area contributed by atoms with Crippen molar-refractivity contribution in [1.82, 2.24) is 14.7 Å². The van der Waals surface area contributed by atoms with Crippen molar-refractivity contribution in [3.05, 3.63) is 59.7 Å². The molecule has 0 amide bonds. The van der Waals surface area contributed by atoms with Crippen molar-refractivity contribution in [2.75, 3.05) is 46.8 Å². The number of para-hydroxylation sites is 1. The van der Waals surface area contributed by atoms with E-state index in [2.05, 4.69) is 31.9 Å². The molecule has 0 radical (unpaired) electrons. The molecule has 4 bridgehead atoms. The molecule has 0 unspecified atom stereocenters. The van der Waals surface area contributed by atoms with E-state index in [4.69, 9.17) is 9.84 Å². The van der Waals surface area contributed by atoms with Crippen LogP contribution in [0.3, 0.4) is 0 Å². The molecular formula is C22H25N5O2. The Morgan fingerprint density at radius 2 is 1.62 bits per heavy atom. The van der Waals surface area contributed by atoms with Crippen molar-refractivity contribution < 1.29 is 9.84 Å². The van der Waals surface area contributed by atoms with Gasteiger partial charge in [-0.15, -0.1) is 0 Å². The summed E-state index contributed by atoms with van der Waals surface area (Å²) in [7, 11) is 1.54. The molecule has 150 valence electrons. The van der Waals surface area contributed by atoms with Gasteiger partial charge in [-0.25, -0.2) is 0 Å². The molecule has 4 aliphatic heterocycles. The summed E-state index contributed by atoms with van der Waals surface area (Å²) >= 11 is 0. The van der Waals surface area contributed by atoms with Gasteiger partial charge in [-0.2, -0.15) is 10.2 Å². The SMILES string of the molecule is COc1cccc(/C=N\N=C(c2ccccc2)C23CN4CN(CN(C4)C2)C3)c1O. The highest BCUT2D eigenvalue weighted by molar-refractivity contribution is 6.05. The summed E-state index contributed by atoms with van der Waals surface area (Å²) in [5.41, 5.74) is 2.63. The van der Waals surface area contributed by atoms with E-state index < -0.39 is 0 Å². The van der Waals surface area contributed by atoms with Crippen molar-refractivity contribution in [3.63, 3.8) is 0 Å². The van der Waals surface area contributed by atoms with Gasteiger partial charge in [-0.05, 0) is 17.7 Å². The summed E-state index contributed by atoms with van der Waals surface area (Å²) in [5.74, 6) is 0.504. The topological polar surface area (TPSA) is 63.9 Å². The van der Waals surface area contributed by atoms with Gasteiger partial charge in [0.05, 0.1) is 44.5 Å². The van der Waals surface area contributed by atoms with Crippen molar-refractivity contribution in [2.24, 2.45) is 15.6 Å². The monoisotopic (exact) mass is 391 g/mol. The smallest absolute Gasteiger partial charge is 0.166 e. The van der Waals surface area contributed by atoms with Gasteiger partial charge in [0.25, 0.3) is 0 Å². The number of nitrogens with zero attached hydrogens (tertiary/aromatic N) is 5. The van der Waals surface area contributed by atoms with E-state index in [1.54, 1.807) is 18.3 Å². The first-order chi connectivity index (χ1) is 14.2. The van der Waals surface area contributed by atoms with E-state index in [9.17, 15) is 5.11 Å². The Morgan fingerprint density at radius 3 is 2.24 bits per heavy atom. The van der Waals surface area contributed by atoms with Crippen LogP contribution in [0.4, 0.5) is 0 Å². The summed E-state index contributed by atoms with van der Waals surface area (Å²) in [6.07, 6.45) is 1.60. The van der Waals surface area contributed by atoms with Crippen LogP contribution < -0.4 is 4.74 Å². The molecular weight excluding hydrogens is 366 g/mol. The van der Waals surface area contributed by atoms with Gasteiger partial charge in [-0.1, -0.05) is 36.4 Å². The molecule has 7 nitrogen and oxygen atoms in total. The van der Waals surface area contributed by atoms with Gasteiger partial charge in [-0.3, -0.25) is 14.7 Å². The molecule has 0 spiro atoms. The van der Waals surface area contributed by atoms with E-state index in [0.717, 1.165) is 50.9 Å². The van der Waals surface area contributed by atoms with Crippen molar-refractivity contribution in [1.29, 1.82) is 0 Å². The minimum atomic E-state index is -0.0656. The van der Waals surface area contributed by atoms with Crippen LogP contribution in [0.25, 0.3) is 0 Å². The zero-order chi connectivity index (χ0) is 19.8. The molecule has 0 saturated carbocycles. The maximum Gasteiger partial charge on any atom is 0.166 e. The molecule has 7 heteroatoms. The lowest BCUT2D eigenvalue weighted by Gasteiger charge is -2.60. The standard InChI is InChI=1S/C22H25N5O2/c1-29-19-9-5-8-18(20(19)28)10-23-24-21(17-6-3-2-4-7-17)22-11-25-14-26(12-22)16-27(13-22)15-25/h2-10,28H,11-16H2,1H3/b23-10-,24-21?. The minimum absolute atomic E-state index is 0.0656. The van der Waals surface area contributed by atoms with Gasteiger partial charge in [0, 0.05) is 25.2 Å². The largest absolute Gasteiger partial charge is 0.504 e. The predicted molar refractivity (Wildman–Crippen MR) is 112 cm³/mol. The van der Waals surface area contributed by atoms with Crippen LogP contribution in [0.2, 0.25) is 0 Å². The Hall–Kier alpha value is -2.74. The number of ether oxygens (including phenoxy) is 1. The van der Waals surface area contributed by atoms with Gasteiger partial charge >= 0.3 is 0 Å². The first-order valence-corrected chi connectivity index (χ1v) is 9.87. The van der Waals surface area contributed by atoms with Gasteiger partial charge < -0.3 is 9.84 Å². The number of aromatic hydroxyl groups is 1. The summed E-state index contributed by atoms with van der Waals surface area (Å²) in [6.45, 7) is 6.07. The predicted octanol–water partition coefficient (Wildman–Crippen LogP) is 2.03. The minimum Gasteiger partial charge on any atom is -0.504 e. The lowest BCUT2D eigenvalue weighted by Crippen LogP contribution is -2.74. The van der Waals surface area contributed by atoms with Crippen LogP contribution in [0.5, 0.6) is 11.5 Å². The van der Waals surface area contributed by atoms with Crippen molar-refractivity contribution in [2.45, 2.75) is 0 Å². The average Bonchev–Trinajstić information content (AvgIpc) is 2.72. The van der Waals surface area contributed by atoms with Crippen LogP contribution in [0.1, 0.15) is 11.1 Å². The first kappa shape index (κ1) is 18.3. The van der Waals surface area contributed by atoms with Gasteiger partial charge in [0.1, 0.15) is 0 Å². The molecule has 4 aliphatic rings. The maximum absolute atomic E-state index is 10.3. The van der Waals surface area contributed by atoms with Crippen LogP contribution >= 0.6 is 0 Å². The molecule has 4 heterocycles. The van der Waals surface area contributed by atoms with Crippen LogP contribution in [0.15, 0.2) is 58.7 Å². The summed E-state index contributed by atoms with van der Waals surface area (Å²) in [6, 6.07) is 15.7. The fourth-order valence-electron chi connectivity index (χ4n) is 4.96. The molecule has 0 atom stereocenters. The number of hydrogen-bond donors (Lipinski definition) is 1. The molecule has 1 N–H and O–H groups in total. The number of hydrogen-bond acceptors (Lipinski definition) is 7. The highest BCUT2D eigenvalue weighted by Gasteiger charge is 2.51. The Morgan fingerprint density at radius 1 is 0.966 bits per heavy atom. The molecule has 4 fully saturated rings. The van der Waals surface area contributed by atoms with Crippen LogP contribution in [-0.4, -0.2) is 78.5 Å². The summed E-state index contributed by atoms with van der Waals surface area (Å²) < 4.78 is 5.18. The highest BCUT2D eigenvalue weighted by Crippen LogP contribution is 2.38. The van der Waals surface area contributed by atoms with Gasteiger partial charge in [0.15, 0.2) is 11.5 Å². The van der Waals surface area contributed by atoms with E-state index in [-0.39, 0.29) is 11.2 Å². The fourth-order valence-corrected chi connectivity index (χ4v) is 4.96. The first-order valence-electron chi connectivity index (χ1n) is 9.87. The molecule has 6 rings (SSSR count). The lowest BCUT2D eigenvalue weighted by atomic mass is 9.74. The Balaban J connectivity index is 1.52. The molecule has 2 aromatic rings. The average molecular weight is 391 g/mol. The second-order valence-corrected chi connectivity index (χ2v) is 8.15. The number of benzene rings is 2. The highest BCUT2D eigenvalue weighted by atomic mass is 16.5. The normalized spacial score (nSPS) is 30.8. The van der Waals surface area contributed by atoms with E-state index >= 15 is 0 Å². The Labute approximate surface area is 170 Å². The lowest BCUT2D eigenvalue weighted by molar-refractivity contribution is -0.149. The number of phenolic OH excluding ortho intramolecular Hbond substituents is 1. The maximum atomic E-state index is 10.3. The molecule has 0 aromatic heterocycles. The second kappa shape index (κ2) is 7.26. The van der Waals surface area contributed by atoms with E-state index in [1.165, 1.54) is 7.11 Å². The third kappa shape index (κ3) is 3.31. The third-order valence-corrected chi connectivity index (χ3v) is 5.93. The van der Waals surface area contributed by atoms with Crippen LogP contribution in [0, 0.1) is 5.41 Å². The second-order valence-electron chi connectivity index (χ2n) is 8.15. The molecule has 29 heavy (non-hydrogen) atoms. The number of phenols is 1. The zero-order valence-corrected chi connectivity index (χ0v) is 16.5. The Bertz CT molecular complexity index is 922. The van der Waals surface area contributed by atoms with E-state index in [0.29, 0.717) is 11.3 Å². The third-order valence-electron chi connectivity index (χ3n) is 5.93. The zero-order valence-electron chi connectivity index (χ0n) is 16.5. The van der Waals surface area contributed by atoms with Crippen molar-refractivity contribution in [3.8, 4) is 11.5 Å². The molecule has 4 saturated heterocycles. The quantitative estimate of drug-likeness (QED) is 0.624.